The molecule has 0 bridgehead atoms. The number of aliphatic hydroxyl groups is 1. The predicted molar refractivity (Wildman–Crippen MR) is 82.4 cm³/mol. The maximum absolute atomic E-state index is 11.7. The minimum absolute atomic E-state index is 0. The summed E-state index contributed by atoms with van der Waals surface area (Å²) in [6.07, 6.45) is 2.01. The fourth-order valence-corrected chi connectivity index (χ4v) is 2.31. The lowest BCUT2D eigenvalue weighted by Gasteiger charge is -2.15. The highest BCUT2D eigenvalue weighted by Crippen LogP contribution is 2.20. The second kappa shape index (κ2) is 9.13. The molecule has 1 aliphatic heterocycles. The standard InChI is InChI=1S/C13H19N3O2.2ClH/c1-14-7-13(18)16-8-10(12(17)9-16)6-11-4-2-3-5-15-11;;/h2-5,10,12,14,17H,6-9H2,1H3;2*1H/t10-,12-;;/m1../s1. The molecule has 1 amide bonds. The molecule has 114 valence electrons. The highest BCUT2D eigenvalue weighted by molar-refractivity contribution is 5.85. The lowest BCUT2D eigenvalue weighted by Crippen LogP contribution is -2.36. The van der Waals surface area contributed by atoms with Crippen molar-refractivity contribution in [1.29, 1.82) is 0 Å². The number of aliphatic hydroxyl groups excluding tert-OH is 1. The molecule has 5 nitrogen and oxygen atoms in total. The molecule has 7 heteroatoms. The van der Waals surface area contributed by atoms with Gasteiger partial charge in [0, 0.05) is 30.9 Å². The highest BCUT2D eigenvalue weighted by atomic mass is 35.5. The van der Waals surface area contributed by atoms with Gasteiger partial charge in [-0.05, 0) is 25.6 Å². The Morgan fingerprint density at radius 3 is 2.80 bits per heavy atom. The number of pyridine rings is 1. The third kappa shape index (κ3) is 4.90. The van der Waals surface area contributed by atoms with Crippen LogP contribution in [0.25, 0.3) is 0 Å². The molecule has 0 aromatic carbocycles. The average Bonchev–Trinajstić information content (AvgIpc) is 2.73. The summed E-state index contributed by atoms with van der Waals surface area (Å²) in [4.78, 5) is 17.7. The first-order chi connectivity index (χ1) is 8.70. The number of likely N-dealkylation sites (N-methyl/N-ethyl adjacent to an activating group) is 1. The number of amides is 1. The predicted octanol–water partition coefficient (Wildman–Crippen LogP) is 0.506. The maximum Gasteiger partial charge on any atom is 0.236 e. The van der Waals surface area contributed by atoms with E-state index in [9.17, 15) is 9.90 Å². The van der Waals surface area contributed by atoms with Gasteiger partial charge in [0.1, 0.15) is 0 Å². The molecule has 0 saturated carbocycles. The fourth-order valence-electron chi connectivity index (χ4n) is 2.31. The number of carbonyl (C=O) groups excluding carboxylic acids is 1. The summed E-state index contributed by atoms with van der Waals surface area (Å²) in [6, 6.07) is 5.76. The van der Waals surface area contributed by atoms with Crippen LogP contribution in [0.1, 0.15) is 5.69 Å². The molecule has 20 heavy (non-hydrogen) atoms. The number of likely N-dealkylation sites (tertiary alicyclic amines) is 1. The SMILES string of the molecule is CNCC(=O)N1C[C@@H](Cc2ccccn2)[C@H](O)C1.Cl.Cl. The van der Waals surface area contributed by atoms with Crippen molar-refractivity contribution >= 4 is 30.7 Å². The van der Waals surface area contributed by atoms with Crippen molar-refractivity contribution in [3.8, 4) is 0 Å². The zero-order valence-electron chi connectivity index (χ0n) is 11.4. The second-order valence-electron chi connectivity index (χ2n) is 4.68. The number of halogens is 2. The molecule has 0 radical (unpaired) electrons. The van der Waals surface area contributed by atoms with Crippen LogP contribution in [0.3, 0.4) is 0 Å². The molecule has 1 fully saturated rings. The molecule has 2 atom stereocenters. The number of nitrogens with zero attached hydrogens (tertiary/aromatic N) is 2. The van der Waals surface area contributed by atoms with Crippen LogP contribution < -0.4 is 5.32 Å². The monoisotopic (exact) mass is 321 g/mol. The molecule has 0 unspecified atom stereocenters. The number of β-amino-alcohol motifs (C(OH)–C–C–N with tert-alkyl or cyclic N) is 1. The third-order valence-corrected chi connectivity index (χ3v) is 3.28. The van der Waals surface area contributed by atoms with Gasteiger partial charge in [-0.25, -0.2) is 0 Å². The summed E-state index contributed by atoms with van der Waals surface area (Å²) >= 11 is 0. The Balaban J connectivity index is 0.00000180. The Morgan fingerprint density at radius 2 is 2.20 bits per heavy atom. The van der Waals surface area contributed by atoms with Crippen LogP contribution in [0.2, 0.25) is 0 Å². The molecular weight excluding hydrogens is 301 g/mol. The number of aromatic nitrogens is 1. The number of hydrogen-bond donors (Lipinski definition) is 2. The number of hydrogen-bond acceptors (Lipinski definition) is 4. The second-order valence-corrected chi connectivity index (χ2v) is 4.68. The van der Waals surface area contributed by atoms with Crippen molar-refractivity contribution in [3.05, 3.63) is 30.1 Å². The Bertz CT molecular complexity index is 406. The number of carbonyl (C=O) groups is 1. The highest BCUT2D eigenvalue weighted by Gasteiger charge is 2.33. The molecular formula is C13H21Cl2N3O2. The van der Waals surface area contributed by atoms with Crippen LogP contribution >= 0.6 is 24.8 Å². The van der Waals surface area contributed by atoms with E-state index in [0.29, 0.717) is 26.1 Å². The third-order valence-electron chi connectivity index (χ3n) is 3.28. The first-order valence-electron chi connectivity index (χ1n) is 6.21. The van der Waals surface area contributed by atoms with Gasteiger partial charge in [0.25, 0.3) is 0 Å². The normalized spacial score (nSPS) is 21.0. The largest absolute Gasteiger partial charge is 0.391 e. The molecule has 0 spiro atoms. The van der Waals surface area contributed by atoms with Crippen LogP contribution in [0.4, 0.5) is 0 Å². The molecule has 0 aliphatic carbocycles. The van der Waals surface area contributed by atoms with Gasteiger partial charge in [-0.15, -0.1) is 24.8 Å². The number of nitrogens with one attached hydrogen (secondary N) is 1. The summed E-state index contributed by atoms with van der Waals surface area (Å²) in [7, 11) is 1.75. The summed E-state index contributed by atoms with van der Waals surface area (Å²) in [5, 5.41) is 12.8. The number of rotatable bonds is 4. The van der Waals surface area contributed by atoms with Gasteiger partial charge in [-0.1, -0.05) is 6.07 Å². The summed E-state index contributed by atoms with van der Waals surface area (Å²) in [6.45, 7) is 1.36. The molecule has 1 aliphatic rings. The summed E-state index contributed by atoms with van der Waals surface area (Å²) < 4.78 is 0. The summed E-state index contributed by atoms with van der Waals surface area (Å²) in [5.41, 5.74) is 0.962. The minimum Gasteiger partial charge on any atom is -0.391 e. The van der Waals surface area contributed by atoms with Crippen molar-refractivity contribution in [2.75, 3.05) is 26.7 Å². The van der Waals surface area contributed by atoms with Crippen molar-refractivity contribution in [1.82, 2.24) is 15.2 Å². The zero-order chi connectivity index (χ0) is 13.0. The van der Waals surface area contributed by atoms with Crippen molar-refractivity contribution in [2.24, 2.45) is 5.92 Å². The minimum atomic E-state index is -0.451. The lowest BCUT2D eigenvalue weighted by atomic mass is 10.00. The van der Waals surface area contributed by atoms with Crippen molar-refractivity contribution < 1.29 is 9.90 Å². The maximum atomic E-state index is 11.7. The average molecular weight is 322 g/mol. The quantitative estimate of drug-likeness (QED) is 0.848. The fraction of sp³-hybridized carbons (Fsp3) is 0.538. The molecule has 1 aromatic heterocycles. The lowest BCUT2D eigenvalue weighted by molar-refractivity contribution is -0.129. The van der Waals surface area contributed by atoms with E-state index < -0.39 is 6.10 Å². The van der Waals surface area contributed by atoms with Gasteiger partial charge >= 0.3 is 0 Å². The van der Waals surface area contributed by atoms with E-state index in [0.717, 1.165) is 5.69 Å². The Morgan fingerprint density at radius 1 is 1.45 bits per heavy atom. The molecule has 2 heterocycles. The molecule has 2 rings (SSSR count). The van der Waals surface area contributed by atoms with Crippen molar-refractivity contribution in [2.45, 2.75) is 12.5 Å². The van der Waals surface area contributed by atoms with Crippen LogP contribution in [-0.4, -0.2) is 53.7 Å². The van der Waals surface area contributed by atoms with Crippen LogP contribution in [0.5, 0.6) is 0 Å². The zero-order valence-corrected chi connectivity index (χ0v) is 13.0. The van der Waals surface area contributed by atoms with Gasteiger partial charge in [0.15, 0.2) is 0 Å². The Hall–Kier alpha value is -0.880. The summed E-state index contributed by atoms with van der Waals surface area (Å²) in [5.74, 6) is 0.126. The molecule has 1 aromatic rings. The van der Waals surface area contributed by atoms with Gasteiger partial charge in [0.05, 0.1) is 12.6 Å². The van der Waals surface area contributed by atoms with Crippen LogP contribution in [-0.2, 0) is 11.2 Å². The van der Waals surface area contributed by atoms with Gasteiger partial charge in [0.2, 0.25) is 5.91 Å². The smallest absolute Gasteiger partial charge is 0.236 e. The van der Waals surface area contributed by atoms with E-state index >= 15 is 0 Å². The Labute approximate surface area is 131 Å². The molecule has 1 saturated heterocycles. The first kappa shape index (κ1) is 19.1. The van der Waals surface area contributed by atoms with Gasteiger partial charge < -0.3 is 15.3 Å². The van der Waals surface area contributed by atoms with E-state index in [-0.39, 0.29) is 36.6 Å². The van der Waals surface area contributed by atoms with E-state index in [2.05, 4.69) is 10.3 Å². The van der Waals surface area contributed by atoms with E-state index in [1.54, 1.807) is 18.1 Å². The topological polar surface area (TPSA) is 65.5 Å². The van der Waals surface area contributed by atoms with Crippen LogP contribution in [0.15, 0.2) is 24.4 Å². The first-order valence-corrected chi connectivity index (χ1v) is 6.21. The van der Waals surface area contributed by atoms with Gasteiger partial charge in [-0.3, -0.25) is 9.78 Å². The van der Waals surface area contributed by atoms with E-state index in [1.165, 1.54) is 0 Å². The molecule has 2 N–H and O–H groups in total. The Kier molecular flexibility index (Phi) is 8.73. The van der Waals surface area contributed by atoms with Crippen molar-refractivity contribution in [3.63, 3.8) is 0 Å². The van der Waals surface area contributed by atoms with Crippen LogP contribution in [0, 0.1) is 5.92 Å². The van der Waals surface area contributed by atoms with E-state index in [4.69, 9.17) is 0 Å². The van der Waals surface area contributed by atoms with E-state index in [1.807, 2.05) is 18.2 Å². The van der Waals surface area contributed by atoms with Gasteiger partial charge in [-0.2, -0.15) is 0 Å².